The topological polar surface area (TPSA) is 24.9 Å². The number of rotatable bonds is 5. The van der Waals surface area contributed by atoms with E-state index >= 15 is 0 Å². The van der Waals surface area contributed by atoms with E-state index in [4.69, 9.17) is 0 Å². The summed E-state index contributed by atoms with van der Waals surface area (Å²) in [5.74, 6) is 0. The van der Waals surface area contributed by atoms with Crippen LogP contribution < -0.4 is 5.32 Å². The summed E-state index contributed by atoms with van der Waals surface area (Å²) in [4.78, 5) is 5.41. The van der Waals surface area contributed by atoms with Crippen molar-refractivity contribution in [2.45, 2.75) is 18.9 Å². The van der Waals surface area contributed by atoms with Crippen molar-refractivity contribution in [1.29, 1.82) is 0 Å². The van der Waals surface area contributed by atoms with E-state index in [2.05, 4.69) is 49.8 Å². The van der Waals surface area contributed by atoms with E-state index in [1.807, 2.05) is 19.4 Å². The van der Waals surface area contributed by atoms with E-state index in [1.54, 1.807) is 11.3 Å². The number of pyridine rings is 1. The Kier molecular flexibility index (Phi) is 4.71. The molecule has 0 bridgehead atoms. The van der Waals surface area contributed by atoms with Crippen molar-refractivity contribution < 1.29 is 0 Å². The number of hydrogen-bond acceptors (Lipinski definition) is 3. The van der Waals surface area contributed by atoms with Gasteiger partial charge in [0.15, 0.2) is 0 Å². The van der Waals surface area contributed by atoms with Crippen molar-refractivity contribution in [1.82, 2.24) is 10.3 Å². The zero-order valence-electron chi connectivity index (χ0n) is 9.69. The fourth-order valence-corrected chi connectivity index (χ4v) is 3.62. The standard InChI is InChI=1S/C13H15BrN2S/c1-15-12(13-11(14)6-9-17-13)3-2-10-4-7-16-8-5-10/h4-9,12,15H,2-3H2,1H3. The lowest BCUT2D eigenvalue weighted by molar-refractivity contribution is 0.556. The molecular formula is C13H15BrN2S. The predicted molar refractivity (Wildman–Crippen MR) is 76.4 cm³/mol. The van der Waals surface area contributed by atoms with Crippen LogP contribution in [0.1, 0.15) is 22.9 Å². The second kappa shape index (κ2) is 6.28. The molecule has 0 saturated carbocycles. The van der Waals surface area contributed by atoms with Crippen LogP contribution in [0.15, 0.2) is 40.4 Å². The van der Waals surface area contributed by atoms with E-state index in [-0.39, 0.29) is 0 Å². The molecule has 0 spiro atoms. The second-order valence-corrected chi connectivity index (χ2v) is 5.67. The molecule has 1 atom stereocenters. The monoisotopic (exact) mass is 310 g/mol. The fraction of sp³-hybridized carbons (Fsp3) is 0.308. The summed E-state index contributed by atoms with van der Waals surface area (Å²) >= 11 is 5.39. The lowest BCUT2D eigenvalue weighted by Crippen LogP contribution is -2.16. The van der Waals surface area contributed by atoms with Gasteiger partial charge < -0.3 is 5.32 Å². The van der Waals surface area contributed by atoms with Crippen LogP contribution in [0.2, 0.25) is 0 Å². The Balaban J connectivity index is 2.00. The average Bonchev–Trinajstić information content (AvgIpc) is 2.78. The SMILES string of the molecule is CNC(CCc1ccncc1)c1sccc1Br. The molecule has 2 rings (SSSR count). The van der Waals surface area contributed by atoms with Gasteiger partial charge in [0, 0.05) is 27.8 Å². The fourth-order valence-electron chi connectivity index (χ4n) is 1.82. The van der Waals surface area contributed by atoms with Crippen molar-refractivity contribution in [3.8, 4) is 0 Å². The Morgan fingerprint density at radius 1 is 1.35 bits per heavy atom. The number of nitrogens with one attached hydrogen (secondary N) is 1. The summed E-state index contributed by atoms with van der Waals surface area (Å²) in [5.41, 5.74) is 1.34. The molecule has 0 fully saturated rings. The molecule has 2 aromatic heterocycles. The molecule has 2 nitrogen and oxygen atoms in total. The molecular weight excluding hydrogens is 296 g/mol. The molecule has 0 amide bonds. The van der Waals surface area contributed by atoms with Crippen LogP contribution in [0.4, 0.5) is 0 Å². The maximum absolute atomic E-state index is 4.04. The Morgan fingerprint density at radius 2 is 2.12 bits per heavy atom. The number of hydrogen-bond donors (Lipinski definition) is 1. The van der Waals surface area contributed by atoms with Crippen molar-refractivity contribution in [2.24, 2.45) is 0 Å². The highest BCUT2D eigenvalue weighted by Gasteiger charge is 2.13. The first-order chi connectivity index (χ1) is 8.31. The molecule has 0 aliphatic heterocycles. The highest BCUT2D eigenvalue weighted by Crippen LogP contribution is 2.31. The molecule has 0 aliphatic rings. The molecule has 0 aromatic carbocycles. The van der Waals surface area contributed by atoms with Gasteiger partial charge in [0.25, 0.3) is 0 Å². The van der Waals surface area contributed by atoms with Crippen LogP contribution in [-0.4, -0.2) is 12.0 Å². The summed E-state index contributed by atoms with van der Waals surface area (Å²) in [7, 11) is 2.02. The van der Waals surface area contributed by atoms with Crippen LogP contribution in [0.3, 0.4) is 0 Å². The first-order valence-corrected chi connectivity index (χ1v) is 7.27. The lowest BCUT2D eigenvalue weighted by Gasteiger charge is -2.15. The number of nitrogens with zero attached hydrogens (tertiary/aromatic N) is 1. The summed E-state index contributed by atoms with van der Waals surface area (Å²) in [6, 6.07) is 6.68. The molecule has 2 aromatic rings. The average molecular weight is 311 g/mol. The van der Waals surface area contributed by atoms with Gasteiger partial charge in [0.1, 0.15) is 0 Å². The van der Waals surface area contributed by atoms with Gasteiger partial charge in [-0.25, -0.2) is 0 Å². The largest absolute Gasteiger partial charge is 0.312 e. The lowest BCUT2D eigenvalue weighted by atomic mass is 10.1. The Bertz CT molecular complexity index is 455. The van der Waals surface area contributed by atoms with E-state index in [0.29, 0.717) is 6.04 Å². The van der Waals surface area contributed by atoms with Gasteiger partial charge in [-0.05, 0) is 65.0 Å². The molecule has 90 valence electrons. The molecule has 0 radical (unpaired) electrons. The molecule has 4 heteroatoms. The smallest absolute Gasteiger partial charge is 0.0426 e. The van der Waals surface area contributed by atoms with Crippen LogP contribution in [0.5, 0.6) is 0 Å². The van der Waals surface area contributed by atoms with Crippen LogP contribution >= 0.6 is 27.3 Å². The van der Waals surface area contributed by atoms with Crippen molar-refractivity contribution in [2.75, 3.05) is 7.05 Å². The number of halogens is 1. The van der Waals surface area contributed by atoms with Gasteiger partial charge >= 0.3 is 0 Å². The van der Waals surface area contributed by atoms with Gasteiger partial charge in [-0.15, -0.1) is 11.3 Å². The van der Waals surface area contributed by atoms with Gasteiger partial charge in [-0.2, -0.15) is 0 Å². The van der Waals surface area contributed by atoms with E-state index < -0.39 is 0 Å². The first kappa shape index (κ1) is 12.7. The highest BCUT2D eigenvalue weighted by molar-refractivity contribution is 9.10. The number of thiophene rings is 1. The van der Waals surface area contributed by atoms with Gasteiger partial charge in [0.2, 0.25) is 0 Å². The third kappa shape index (κ3) is 3.37. The van der Waals surface area contributed by atoms with Gasteiger partial charge in [0.05, 0.1) is 0 Å². The molecule has 1 unspecified atom stereocenters. The quantitative estimate of drug-likeness (QED) is 0.908. The van der Waals surface area contributed by atoms with E-state index in [1.165, 1.54) is 14.9 Å². The van der Waals surface area contributed by atoms with Crippen molar-refractivity contribution in [3.05, 3.63) is 50.9 Å². The molecule has 0 aliphatic carbocycles. The predicted octanol–water partition coefficient (Wildman–Crippen LogP) is 3.80. The summed E-state index contributed by atoms with van der Waals surface area (Å²) in [6.45, 7) is 0. The summed E-state index contributed by atoms with van der Waals surface area (Å²) < 4.78 is 1.21. The Labute approximate surface area is 114 Å². The maximum atomic E-state index is 4.04. The molecule has 17 heavy (non-hydrogen) atoms. The van der Waals surface area contributed by atoms with Crippen LogP contribution in [0.25, 0.3) is 0 Å². The highest BCUT2D eigenvalue weighted by atomic mass is 79.9. The van der Waals surface area contributed by atoms with Gasteiger partial charge in [-0.3, -0.25) is 4.98 Å². The first-order valence-electron chi connectivity index (χ1n) is 5.60. The minimum Gasteiger partial charge on any atom is -0.312 e. The zero-order valence-corrected chi connectivity index (χ0v) is 12.1. The minimum atomic E-state index is 0.414. The maximum Gasteiger partial charge on any atom is 0.0426 e. The van der Waals surface area contributed by atoms with Crippen LogP contribution in [0, 0.1) is 0 Å². The molecule has 1 N–H and O–H groups in total. The third-order valence-corrected chi connectivity index (χ3v) is 4.77. The molecule has 0 saturated heterocycles. The Hall–Kier alpha value is -0.710. The van der Waals surface area contributed by atoms with E-state index in [0.717, 1.165) is 12.8 Å². The van der Waals surface area contributed by atoms with E-state index in [9.17, 15) is 0 Å². The minimum absolute atomic E-state index is 0.414. The van der Waals surface area contributed by atoms with Crippen molar-refractivity contribution >= 4 is 27.3 Å². The van der Waals surface area contributed by atoms with Crippen molar-refractivity contribution in [3.63, 3.8) is 0 Å². The Morgan fingerprint density at radius 3 is 2.71 bits per heavy atom. The summed E-state index contributed by atoms with van der Waals surface area (Å²) in [6.07, 6.45) is 5.87. The number of aryl methyl sites for hydroxylation is 1. The summed E-state index contributed by atoms with van der Waals surface area (Å²) in [5, 5.41) is 5.50. The zero-order chi connectivity index (χ0) is 12.1. The van der Waals surface area contributed by atoms with Gasteiger partial charge in [-0.1, -0.05) is 0 Å². The molecule has 2 heterocycles. The number of aromatic nitrogens is 1. The van der Waals surface area contributed by atoms with Crippen LogP contribution in [-0.2, 0) is 6.42 Å². The second-order valence-electron chi connectivity index (χ2n) is 3.87. The third-order valence-electron chi connectivity index (χ3n) is 2.78. The normalized spacial score (nSPS) is 12.6.